The van der Waals surface area contributed by atoms with Crippen LogP contribution < -0.4 is 9.47 Å². The molecule has 4 heteroatoms. The van der Waals surface area contributed by atoms with Crippen molar-refractivity contribution in [2.75, 3.05) is 6.61 Å². The molecule has 2 aromatic rings. The summed E-state index contributed by atoms with van der Waals surface area (Å²) >= 11 is 3.33. The van der Waals surface area contributed by atoms with Crippen molar-refractivity contribution in [3.05, 3.63) is 52.5 Å². The van der Waals surface area contributed by atoms with Gasteiger partial charge in [-0.05, 0) is 53.2 Å². The van der Waals surface area contributed by atoms with Crippen LogP contribution in [-0.4, -0.2) is 12.9 Å². The zero-order valence-corrected chi connectivity index (χ0v) is 12.0. The zero-order valence-electron chi connectivity index (χ0n) is 10.4. The van der Waals surface area contributed by atoms with Gasteiger partial charge in [0, 0.05) is 10.0 Å². The van der Waals surface area contributed by atoms with Crippen LogP contribution in [0.4, 0.5) is 0 Å². The van der Waals surface area contributed by atoms with Crippen molar-refractivity contribution in [1.82, 2.24) is 0 Å². The van der Waals surface area contributed by atoms with Gasteiger partial charge < -0.3 is 9.47 Å². The molecule has 0 atom stereocenters. The van der Waals surface area contributed by atoms with Crippen LogP contribution in [0.2, 0.25) is 0 Å². The highest BCUT2D eigenvalue weighted by molar-refractivity contribution is 9.10. The van der Waals surface area contributed by atoms with Crippen LogP contribution in [-0.2, 0) is 0 Å². The smallest absolute Gasteiger partial charge is 0.169 e. The number of rotatable bonds is 5. The molecule has 0 N–H and O–H groups in total. The summed E-state index contributed by atoms with van der Waals surface area (Å²) < 4.78 is 12.0. The van der Waals surface area contributed by atoms with Gasteiger partial charge in [-0.25, -0.2) is 0 Å². The fraction of sp³-hybridized carbons (Fsp3) is 0.133. The second kappa shape index (κ2) is 6.38. The van der Waals surface area contributed by atoms with Crippen molar-refractivity contribution >= 4 is 22.2 Å². The Kier molecular flexibility index (Phi) is 4.58. The Morgan fingerprint density at radius 2 is 1.89 bits per heavy atom. The molecule has 0 saturated carbocycles. The summed E-state index contributed by atoms with van der Waals surface area (Å²) in [5, 5.41) is 0. The van der Waals surface area contributed by atoms with Crippen molar-refractivity contribution in [3.8, 4) is 17.2 Å². The van der Waals surface area contributed by atoms with E-state index in [4.69, 9.17) is 9.47 Å². The molecule has 0 bridgehead atoms. The second-order valence-corrected chi connectivity index (χ2v) is 4.64. The average Bonchev–Trinajstić information content (AvgIpc) is 2.41. The molecule has 98 valence electrons. The van der Waals surface area contributed by atoms with Crippen LogP contribution >= 0.6 is 15.9 Å². The summed E-state index contributed by atoms with van der Waals surface area (Å²) in [7, 11) is 0. The maximum absolute atomic E-state index is 10.7. The molecule has 3 nitrogen and oxygen atoms in total. The lowest BCUT2D eigenvalue weighted by atomic mass is 10.2. The molecule has 0 aliphatic heterocycles. The highest BCUT2D eigenvalue weighted by Gasteiger charge is 2.06. The Morgan fingerprint density at radius 1 is 1.16 bits per heavy atom. The Hall–Kier alpha value is -1.81. The SMILES string of the molecule is CCOc1ccccc1Oc1ccc(C=O)c(Br)c1. The van der Waals surface area contributed by atoms with Crippen LogP contribution in [0.15, 0.2) is 46.9 Å². The van der Waals surface area contributed by atoms with Gasteiger partial charge in [-0.15, -0.1) is 0 Å². The van der Waals surface area contributed by atoms with Gasteiger partial charge in [0.25, 0.3) is 0 Å². The van der Waals surface area contributed by atoms with Crippen molar-refractivity contribution in [3.63, 3.8) is 0 Å². The molecular formula is C15H13BrO3. The molecule has 0 aliphatic carbocycles. The molecule has 0 spiro atoms. The Morgan fingerprint density at radius 3 is 2.53 bits per heavy atom. The first-order valence-electron chi connectivity index (χ1n) is 5.89. The van der Waals surface area contributed by atoms with Gasteiger partial charge in [-0.1, -0.05) is 12.1 Å². The van der Waals surface area contributed by atoms with E-state index in [2.05, 4.69) is 15.9 Å². The van der Waals surface area contributed by atoms with Crippen molar-refractivity contribution in [1.29, 1.82) is 0 Å². The molecular weight excluding hydrogens is 308 g/mol. The number of benzene rings is 2. The topological polar surface area (TPSA) is 35.5 Å². The first kappa shape index (κ1) is 13.6. The van der Waals surface area contributed by atoms with Gasteiger partial charge in [-0.3, -0.25) is 4.79 Å². The molecule has 2 rings (SSSR count). The Balaban J connectivity index is 2.26. The molecule has 0 unspecified atom stereocenters. The predicted octanol–water partition coefficient (Wildman–Crippen LogP) is 4.45. The number of carbonyl (C=O) groups is 1. The molecule has 0 amide bonds. The van der Waals surface area contributed by atoms with E-state index in [1.165, 1.54) is 0 Å². The third-order valence-corrected chi connectivity index (χ3v) is 3.16. The van der Waals surface area contributed by atoms with E-state index in [9.17, 15) is 4.79 Å². The van der Waals surface area contributed by atoms with Gasteiger partial charge in [0.15, 0.2) is 17.8 Å². The van der Waals surface area contributed by atoms with Crippen LogP contribution in [0.1, 0.15) is 17.3 Å². The summed E-state index contributed by atoms with van der Waals surface area (Å²) in [4.78, 5) is 10.7. The van der Waals surface area contributed by atoms with E-state index in [1.54, 1.807) is 18.2 Å². The van der Waals surface area contributed by atoms with E-state index in [0.29, 0.717) is 33.9 Å². The van der Waals surface area contributed by atoms with E-state index >= 15 is 0 Å². The quantitative estimate of drug-likeness (QED) is 0.763. The number of para-hydroxylation sites is 2. The highest BCUT2D eigenvalue weighted by atomic mass is 79.9. The lowest BCUT2D eigenvalue weighted by Crippen LogP contribution is -1.95. The molecule has 0 aliphatic rings. The third kappa shape index (κ3) is 3.35. The maximum atomic E-state index is 10.7. The fourth-order valence-electron chi connectivity index (χ4n) is 1.60. The van der Waals surface area contributed by atoms with Gasteiger partial charge in [0.1, 0.15) is 5.75 Å². The van der Waals surface area contributed by atoms with Crippen molar-refractivity contribution in [2.45, 2.75) is 6.92 Å². The average molecular weight is 321 g/mol. The monoisotopic (exact) mass is 320 g/mol. The van der Waals surface area contributed by atoms with Crippen LogP contribution in [0.5, 0.6) is 17.2 Å². The lowest BCUT2D eigenvalue weighted by molar-refractivity contribution is 0.112. The predicted molar refractivity (Wildman–Crippen MR) is 77.2 cm³/mol. The van der Waals surface area contributed by atoms with E-state index in [-0.39, 0.29) is 0 Å². The molecule has 0 saturated heterocycles. The maximum Gasteiger partial charge on any atom is 0.169 e. The van der Waals surface area contributed by atoms with Gasteiger partial charge in [0.2, 0.25) is 0 Å². The number of carbonyl (C=O) groups excluding carboxylic acids is 1. The molecule has 0 radical (unpaired) electrons. The molecule has 19 heavy (non-hydrogen) atoms. The number of ether oxygens (including phenoxy) is 2. The third-order valence-electron chi connectivity index (χ3n) is 2.48. The number of hydrogen-bond acceptors (Lipinski definition) is 3. The molecule has 0 fully saturated rings. The van der Waals surface area contributed by atoms with E-state index in [0.717, 1.165) is 6.29 Å². The molecule has 2 aromatic carbocycles. The molecule has 0 heterocycles. The van der Waals surface area contributed by atoms with Crippen LogP contribution in [0.25, 0.3) is 0 Å². The number of halogens is 1. The van der Waals surface area contributed by atoms with Gasteiger partial charge in [0.05, 0.1) is 6.61 Å². The number of aldehydes is 1. The normalized spacial score (nSPS) is 10.0. The fourth-order valence-corrected chi connectivity index (χ4v) is 2.05. The van der Waals surface area contributed by atoms with Crippen LogP contribution in [0.3, 0.4) is 0 Å². The highest BCUT2D eigenvalue weighted by Crippen LogP contribution is 2.32. The summed E-state index contributed by atoms with van der Waals surface area (Å²) in [6, 6.07) is 12.7. The van der Waals surface area contributed by atoms with E-state index < -0.39 is 0 Å². The first-order valence-corrected chi connectivity index (χ1v) is 6.68. The zero-order chi connectivity index (χ0) is 13.7. The van der Waals surface area contributed by atoms with Crippen molar-refractivity contribution in [2.24, 2.45) is 0 Å². The lowest BCUT2D eigenvalue weighted by Gasteiger charge is -2.11. The minimum absolute atomic E-state index is 0.578. The molecule has 0 aromatic heterocycles. The van der Waals surface area contributed by atoms with Gasteiger partial charge in [-0.2, -0.15) is 0 Å². The second-order valence-electron chi connectivity index (χ2n) is 3.78. The number of hydrogen-bond donors (Lipinski definition) is 0. The Labute approximate surface area is 120 Å². The summed E-state index contributed by atoms with van der Waals surface area (Å²) in [5.41, 5.74) is 0.588. The van der Waals surface area contributed by atoms with E-state index in [1.807, 2.05) is 31.2 Å². The first-order chi connectivity index (χ1) is 9.24. The van der Waals surface area contributed by atoms with Crippen LogP contribution in [0, 0.1) is 0 Å². The summed E-state index contributed by atoms with van der Waals surface area (Å²) in [5.74, 6) is 1.99. The minimum atomic E-state index is 0.578. The standard InChI is InChI=1S/C15H13BrO3/c1-2-18-14-5-3-4-6-15(14)19-12-8-7-11(10-17)13(16)9-12/h3-10H,2H2,1H3. The summed E-state index contributed by atoms with van der Waals surface area (Å²) in [6.45, 7) is 2.50. The Bertz CT molecular complexity index is 581. The van der Waals surface area contributed by atoms with Gasteiger partial charge >= 0.3 is 0 Å². The minimum Gasteiger partial charge on any atom is -0.490 e. The largest absolute Gasteiger partial charge is 0.490 e. The summed E-state index contributed by atoms with van der Waals surface area (Å²) in [6.07, 6.45) is 0.794. The van der Waals surface area contributed by atoms with Crippen molar-refractivity contribution < 1.29 is 14.3 Å².